The molecule has 2 aromatic heterocycles. The zero-order valence-corrected chi connectivity index (χ0v) is 23.5. The number of primary amides is 1. The van der Waals surface area contributed by atoms with Crippen LogP contribution in [0.25, 0.3) is 5.70 Å². The molecule has 0 saturated heterocycles. The molecule has 1 unspecified atom stereocenters. The smallest absolute Gasteiger partial charge is 0.267 e. The highest BCUT2D eigenvalue weighted by Crippen LogP contribution is 2.48. The number of aliphatic hydroxyl groups excluding tert-OH is 2. The van der Waals surface area contributed by atoms with Crippen molar-refractivity contribution in [2.24, 2.45) is 21.9 Å². The van der Waals surface area contributed by atoms with Crippen molar-refractivity contribution in [2.45, 2.75) is 46.1 Å². The molecule has 12 heteroatoms. The molecule has 2 amide bonds. The molecule has 1 aromatic carbocycles. The molecule has 1 aliphatic heterocycles. The fourth-order valence-corrected chi connectivity index (χ4v) is 6.46. The van der Waals surface area contributed by atoms with Gasteiger partial charge >= 0.3 is 0 Å². The molecule has 2 aliphatic rings. The molecular weight excluding hydrogens is 530 g/mol. The number of fused-ring (bicyclic) bond motifs is 2. The minimum Gasteiger partial charge on any atom is -0.398 e. The van der Waals surface area contributed by atoms with E-state index < -0.39 is 18.6 Å². The first-order valence-corrected chi connectivity index (χ1v) is 13.7. The number of likely N-dealkylation sites (N-methyl/N-ethyl adjacent to an activating group) is 1. The quantitative estimate of drug-likeness (QED) is 0.274. The Morgan fingerprint density at radius 3 is 2.75 bits per heavy atom. The van der Waals surface area contributed by atoms with Gasteiger partial charge in [0.2, 0.25) is 0 Å². The summed E-state index contributed by atoms with van der Waals surface area (Å²) in [5.74, 6) is -0.785. The van der Waals surface area contributed by atoms with Crippen LogP contribution in [0.5, 0.6) is 0 Å². The van der Waals surface area contributed by atoms with Gasteiger partial charge in [-0.05, 0) is 42.7 Å². The second-order valence-corrected chi connectivity index (χ2v) is 12.1. The van der Waals surface area contributed by atoms with Crippen LogP contribution in [-0.2, 0) is 30.9 Å². The lowest BCUT2D eigenvalue weighted by molar-refractivity contribution is -0.111. The first-order valence-electron chi connectivity index (χ1n) is 12.9. The molecule has 0 saturated carbocycles. The lowest BCUT2D eigenvalue weighted by Gasteiger charge is -2.22. The number of benzene rings is 1. The average molecular weight is 564 g/mol. The third kappa shape index (κ3) is 5.30. The molecule has 5 rings (SSSR count). The van der Waals surface area contributed by atoms with Gasteiger partial charge in [0.25, 0.3) is 11.8 Å². The van der Waals surface area contributed by atoms with Gasteiger partial charge in [-0.15, -0.1) is 11.3 Å². The van der Waals surface area contributed by atoms with E-state index in [1.807, 2.05) is 25.6 Å². The molecule has 0 radical (unpaired) electrons. The molecule has 1 atom stereocenters. The van der Waals surface area contributed by atoms with Crippen molar-refractivity contribution >= 4 is 46.1 Å². The molecule has 3 heterocycles. The third-order valence-corrected chi connectivity index (χ3v) is 8.51. The highest BCUT2D eigenvalue weighted by molar-refractivity contribution is 7.14. The second-order valence-electron chi connectivity index (χ2n) is 10.9. The summed E-state index contributed by atoms with van der Waals surface area (Å²) < 4.78 is 1.85. The first kappa shape index (κ1) is 27.7. The van der Waals surface area contributed by atoms with Crippen molar-refractivity contribution in [3.63, 3.8) is 0 Å². The van der Waals surface area contributed by atoms with Gasteiger partial charge in [-0.25, -0.2) is 4.99 Å². The van der Waals surface area contributed by atoms with E-state index in [1.54, 1.807) is 30.3 Å². The summed E-state index contributed by atoms with van der Waals surface area (Å²) in [5.41, 5.74) is 14.7. The summed E-state index contributed by atoms with van der Waals surface area (Å²) in [6.45, 7) is 5.87. The zero-order valence-electron chi connectivity index (χ0n) is 22.6. The van der Waals surface area contributed by atoms with E-state index in [9.17, 15) is 19.8 Å². The van der Waals surface area contributed by atoms with Crippen molar-refractivity contribution < 1.29 is 19.8 Å². The van der Waals surface area contributed by atoms with Crippen molar-refractivity contribution in [2.75, 3.05) is 18.9 Å². The summed E-state index contributed by atoms with van der Waals surface area (Å²) in [4.78, 5) is 33.3. The topological polar surface area (TPSA) is 172 Å². The Balaban J connectivity index is 1.40. The lowest BCUT2D eigenvalue weighted by Crippen LogP contribution is -2.30. The van der Waals surface area contributed by atoms with Crippen LogP contribution in [-0.4, -0.2) is 56.0 Å². The minimum atomic E-state index is -0.780. The van der Waals surface area contributed by atoms with E-state index in [0.29, 0.717) is 33.9 Å². The number of anilines is 1. The Hall–Kier alpha value is -3.84. The molecule has 1 aliphatic carbocycles. The van der Waals surface area contributed by atoms with Crippen LogP contribution in [0.1, 0.15) is 56.9 Å². The highest BCUT2D eigenvalue weighted by atomic mass is 32.1. The SMILES string of the molecule is CN1CCn2nc(N=C(C=C(N)c3cccc(NC(=O)c4cc5c(s4)CC(C)(C)C5O)c3CO)C(N)=O)cc2C1. The van der Waals surface area contributed by atoms with Gasteiger partial charge < -0.3 is 27.0 Å². The van der Waals surface area contributed by atoms with Crippen LogP contribution in [0.2, 0.25) is 0 Å². The van der Waals surface area contributed by atoms with Crippen molar-refractivity contribution in [1.82, 2.24) is 14.7 Å². The van der Waals surface area contributed by atoms with Crippen molar-refractivity contribution in [1.29, 1.82) is 0 Å². The van der Waals surface area contributed by atoms with Crippen LogP contribution in [0.15, 0.2) is 41.4 Å². The fourth-order valence-electron chi connectivity index (χ4n) is 5.13. The van der Waals surface area contributed by atoms with Crippen LogP contribution in [0, 0.1) is 5.41 Å². The monoisotopic (exact) mass is 563 g/mol. The van der Waals surface area contributed by atoms with Gasteiger partial charge in [0.1, 0.15) is 5.71 Å². The number of carbonyl (C=O) groups is 2. The summed E-state index contributed by atoms with van der Waals surface area (Å²) in [6, 6.07) is 8.56. The number of hydrogen-bond acceptors (Lipinski definition) is 9. The average Bonchev–Trinajstić information content (AvgIpc) is 3.55. The summed E-state index contributed by atoms with van der Waals surface area (Å²) in [5, 5.41) is 28.1. The summed E-state index contributed by atoms with van der Waals surface area (Å²) in [7, 11) is 2.02. The van der Waals surface area contributed by atoms with E-state index in [1.165, 1.54) is 17.4 Å². The van der Waals surface area contributed by atoms with Gasteiger partial charge in [-0.3, -0.25) is 19.2 Å². The lowest BCUT2D eigenvalue weighted by atomic mass is 9.88. The van der Waals surface area contributed by atoms with E-state index in [4.69, 9.17) is 11.5 Å². The first-order chi connectivity index (χ1) is 19.0. The predicted octanol–water partition coefficient (Wildman–Crippen LogP) is 2.31. The predicted molar refractivity (Wildman–Crippen MR) is 154 cm³/mol. The second kappa shape index (κ2) is 10.6. The number of nitrogens with two attached hydrogens (primary N) is 2. The molecule has 0 spiro atoms. The molecule has 11 nitrogen and oxygen atoms in total. The van der Waals surface area contributed by atoms with E-state index in [0.717, 1.165) is 35.8 Å². The number of aliphatic hydroxyl groups is 2. The van der Waals surface area contributed by atoms with E-state index >= 15 is 0 Å². The fraction of sp³-hybridized carbons (Fsp3) is 0.357. The van der Waals surface area contributed by atoms with Crippen LogP contribution in [0.4, 0.5) is 11.5 Å². The Morgan fingerprint density at radius 1 is 1.27 bits per heavy atom. The standard InChI is InChI=1S/C28H33N7O4S/c1-28(2)12-23-17(25(28)37)10-22(40-23)27(39)32-20-6-4-5-16(18(20)14-36)19(29)11-21(26(30)38)31-24-9-15-13-34(3)7-8-35(15)33-24/h4-6,9-11,25,36-37H,7-8,12-14,29H2,1-3H3,(H2,30,38)(H,32,39). The summed E-state index contributed by atoms with van der Waals surface area (Å²) >= 11 is 1.35. The van der Waals surface area contributed by atoms with Crippen LogP contribution < -0.4 is 16.8 Å². The van der Waals surface area contributed by atoms with Gasteiger partial charge in [0.05, 0.1) is 29.8 Å². The number of rotatable bonds is 7. The van der Waals surface area contributed by atoms with Gasteiger partial charge in [-0.2, -0.15) is 5.10 Å². The molecular formula is C28H33N7O4S. The number of nitrogens with zero attached hydrogens (tertiary/aromatic N) is 4. The Bertz CT molecular complexity index is 1550. The van der Waals surface area contributed by atoms with Crippen LogP contribution in [0.3, 0.4) is 0 Å². The maximum atomic E-state index is 13.1. The highest BCUT2D eigenvalue weighted by Gasteiger charge is 2.40. The van der Waals surface area contributed by atoms with E-state index in [2.05, 4.69) is 20.3 Å². The Kier molecular flexibility index (Phi) is 7.36. The number of amides is 2. The summed E-state index contributed by atoms with van der Waals surface area (Å²) in [6.07, 6.45) is 1.42. The normalized spacial score (nSPS) is 18.9. The van der Waals surface area contributed by atoms with Crippen LogP contribution >= 0.6 is 11.3 Å². The number of aromatic nitrogens is 2. The maximum absolute atomic E-state index is 13.1. The molecule has 40 heavy (non-hydrogen) atoms. The molecule has 3 aromatic rings. The van der Waals surface area contributed by atoms with Gasteiger partial charge in [0.15, 0.2) is 5.82 Å². The number of hydrogen-bond donors (Lipinski definition) is 5. The third-order valence-electron chi connectivity index (χ3n) is 7.37. The molecule has 7 N–H and O–H groups in total. The van der Waals surface area contributed by atoms with Gasteiger partial charge in [0, 0.05) is 46.5 Å². The molecule has 210 valence electrons. The zero-order chi connectivity index (χ0) is 28.8. The molecule has 0 bridgehead atoms. The number of thiophene rings is 1. The van der Waals surface area contributed by atoms with Crippen molar-refractivity contribution in [3.8, 4) is 0 Å². The maximum Gasteiger partial charge on any atom is 0.267 e. The largest absolute Gasteiger partial charge is 0.398 e. The number of nitrogens with one attached hydrogen (secondary N) is 1. The molecule has 0 fully saturated rings. The van der Waals surface area contributed by atoms with E-state index in [-0.39, 0.29) is 22.7 Å². The van der Waals surface area contributed by atoms with Crippen molar-refractivity contribution in [3.05, 3.63) is 68.5 Å². The minimum absolute atomic E-state index is 0.0887. The number of carbonyl (C=O) groups excluding carboxylic acids is 2. The number of aliphatic imine (C=N–C) groups is 1. The van der Waals surface area contributed by atoms with Gasteiger partial charge in [-0.1, -0.05) is 26.0 Å². The Morgan fingerprint density at radius 2 is 2.05 bits per heavy atom. The Labute approximate surface area is 235 Å².